The lowest BCUT2D eigenvalue weighted by Gasteiger charge is -2.20. The van der Waals surface area contributed by atoms with E-state index in [4.69, 9.17) is 14.2 Å². The number of ketones is 1. The van der Waals surface area contributed by atoms with Gasteiger partial charge < -0.3 is 24.0 Å². The van der Waals surface area contributed by atoms with Crippen LogP contribution in [0.5, 0.6) is 17.2 Å². The van der Waals surface area contributed by atoms with Crippen LogP contribution in [0.4, 0.5) is 0 Å². The minimum atomic E-state index is -0.0287. The van der Waals surface area contributed by atoms with E-state index in [-0.39, 0.29) is 5.78 Å². The Morgan fingerprint density at radius 3 is 1.65 bits per heavy atom. The van der Waals surface area contributed by atoms with Crippen molar-refractivity contribution in [1.82, 2.24) is 9.80 Å². The molecule has 0 aromatic heterocycles. The van der Waals surface area contributed by atoms with Crippen molar-refractivity contribution in [3.05, 3.63) is 41.5 Å². The van der Waals surface area contributed by atoms with Crippen LogP contribution in [0.3, 0.4) is 0 Å². The summed E-state index contributed by atoms with van der Waals surface area (Å²) < 4.78 is 18.5. The van der Waals surface area contributed by atoms with E-state index in [0.29, 0.717) is 42.4 Å². The fourth-order valence-electron chi connectivity index (χ4n) is 4.37. The summed E-state index contributed by atoms with van der Waals surface area (Å²) in [7, 11) is 0. The number of ether oxygens (including phenoxy) is 3. The van der Waals surface area contributed by atoms with Crippen molar-refractivity contribution in [2.24, 2.45) is 0 Å². The van der Waals surface area contributed by atoms with Crippen LogP contribution >= 0.6 is 0 Å². The molecule has 0 saturated carbocycles. The van der Waals surface area contributed by atoms with Gasteiger partial charge in [0.2, 0.25) is 0 Å². The van der Waals surface area contributed by atoms with Crippen LogP contribution in [0.2, 0.25) is 0 Å². The summed E-state index contributed by atoms with van der Waals surface area (Å²) in [6.45, 7) is 17.9. The molecule has 0 radical (unpaired) electrons. The Labute approximate surface area is 204 Å². The minimum Gasteiger partial charge on any atom is -0.493 e. The van der Waals surface area contributed by atoms with Crippen molar-refractivity contribution in [1.29, 1.82) is 0 Å². The normalized spacial score (nSPS) is 12.3. The molecule has 6 nitrogen and oxygen atoms in total. The van der Waals surface area contributed by atoms with Crippen LogP contribution in [0.25, 0.3) is 11.1 Å². The Kier molecular flexibility index (Phi) is 9.78. The van der Waals surface area contributed by atoms with Gasteiger partial charge in [0.1, 0.15) is 30.5 Å². The van der Waals surface area contributed by atoms with Crippen LogP contribution in [0.1, 0.15) is 57.0 Å². The molecule has 1 aliphatic carbocycles. The zero-order chi connectivity index (χ0) is 24.5. The Morgan fingerprint density at radius 2 is 1.12 bits per heavy atom. The van der Waals surface area contributed by atoms with Gasteiger partial charge in [-0.15, -0.1) is 0 Å². The molecule has 6 heteroatoms. The Hall–Kier alpha value is -2.57. The first-order valence-corrected chi connectivity index (χ1v) is 12.8. The van der Waals surface area contributed by atoms with Crippen molar-refractivity contribution in [2.45, 2.75) is 41.0 Å². The lowest BCUT2D eigenvalue weighted by Crippen LogP contribution is -2.28. The maximum atomic E-state index is 13.6. The topological polar surface area (TPSA) is 51.2 Å². The second-order valence-corrected chi connectivity index (χ2v) is 8.42. The molecule has 34 heavy (non-hydrogen) atoms. The third-order valence-electron chi connectivity index (χ3n) is 6.46. The van der Waals surface area contributed by atoms with Crippen molar-refractivity contribution in [3.8, 4) is 28.4 Å². The first-order valence-electron chi connectivity index (χ1n) is 12.8. The largest absolute Gasteiger partial charge is 0.493 e. The molecule has 2 aromatic rings. The van der Waals surface area contributed by atoms with Gasteiger partial charge in [-0.3, -0.25) is 4.79 Å². The summed E-state index contributed by atoms with van der Waals surface area (Å²) in [6, 6.07) is 9.51. The maximum Gasteiger partial charge on any atom is 0.198 e. The molecular formula is C28H40N2O4. The quantitative estimate of drug-likeness (QED) is 0.308. The zero-order valence-electron chi connectivity index (χ0n) is 21.5. The van der Waals surface area contributed by atoms with Gasteiger partial charge in [-0.05, 0) is 50.8 Å². The molecule has 0 fully saturated rings. The number of hydrogen-bond donors (Lipinski definition) is 0. The number of likely N-dealkylation sites (N-methyl/N-ethyl adjacent to an activating group) is 2. The molecule has 0 N–H and O–H groups in total. The van der Waals surface area contributed by atoms with E-state index < -0.39 is 0 Å². The number of hydrogen-bond acceptors (Lipinski definition) is 6. The van der Waals surface area contributed by atoms with E-state index in [0.717, 1.165) is 62.6 Å². The van der Waals surface area contributed by atoms with Gasteiger partial charge in [0, 0.05) is 29.8 Å². The first kappa shape index (κ1) is 26.0. The monoisotopic (exact) mass is 468 g/mol. The minimum absolute atomic E-state index is 0.0287. The van der Waals surface area contributed by atoms with Gasteiger partial charge in [-0.25, -0.2) is 0 Å². The third kappa shape index (κ3) is 5.73. The number of rotatable bonds is 15. The molecular weight excluding hydrogens is 428 g/mol. The van der Waals surface area contributed by atoms with E-state index in [1.807, 2.05) is 30.3 Å². The van der Waals surface area contributed by atoms with E-state index in [1.54, 1.807) is 0 Å². The Bertz CT molecular complexity index is 952. The summed E-state index contributed by atoms with van der Waals surface area (Å²) in [6.07, 6.45) is 0.889. The number of carbonyl (C=O) groups is 1. The zero-order valence-corrected chi connectivity index (χ0v) is 21.5. The predicted octanol–water partition coefficient (Wildman–Crippen LogP) is 5.13. The van der Waals surface area contributed by atoms with Crippen molar-refractivity contribution in [2.75, 3.05) is 59.1 Å². The van der Waals surface area contributed by atoms with Gasteiger partial charge in [0.05, 0.1) is 12.2 Å². The Morgan fingerprint density at radius 1 is 0.618 bits per heavy atom. The molecule has 2 aromatic carbocycles. The molecule has 0 spiro atoms. The highest BCUT2D eigenvalue weighted by Gasteiger charge is 2.35. The van der Waals surface area contributed by atoms with Gasteiger partial charge in [-0.1, -0.05) is 46.8 Å². The third-order valence-corrected chi connectivity index (χ3v) is 6.46. The van der Waals surface area contributed by atoms with E-state index in [1.165, 1.54) is 0 Å². The molecule has 0 bridgehead atoms. The highest BCUT2D eigenvalue weighted by molar-refractivity contribution is 6.25. The lowest BCUT2D eigenvalue weighted by molar-refractivity contribution is 0.103. The molecule has 186 valence electrons. The smallest absolute Gasteiger partial charge is 0.198 e. The Balaban J connectivity index is 1.95. The molecule has 0 amide bonds. The van der Waals surface area contributed by atoms with Gasteiger partial charge in [0.25, 0.3) is 0 Å². The standard InChI is InChI=1S/C28H40N2O4/c1-6-18-32-23-14-15-24(34-20-17-30(9-4)10-5)27-26(23)25-21(28(27)31)12-11-13-22(25)33-19-16-29(7-2)8-3/h11-15H,6-10,16-20H2,1-5H3. The first-order chi connectivity index (χ1) is 16.6. The van der Waals surface area contributed by atoms with Crippen LogP contribution in [-0.2, 0) is 0 Å². The molecule has 0 aliphatic heterocycles. The highest BCUT2D eigenvalue weighted by Crippen LogP contribution is 2.50. The molecule has 3 rings (SSSR count). The highest BCUT2D eigenvalue weighted by atomic mass is 16.5. The number of carbonyl (C=O) groups excluding carboxylic acids is 1. The van der Waals surface area contributed by atoms with Gasteiger partial charge >= 0.3 is 0 Å². The van der Waals surface area contributed by atoms with Crippen molar-refractivity contribution in [3.63, 3.8) is 0 Å². The average molecular weight is 469 g/mol. The summed E-state index contributed by atoms with van der Waals surface area (Å²) >= 11 is 0. The number of benzene rings is 2. The van der Waals surface area contributed by atoms with Crippen LogP contribution < -0.4 is 14.2 Å². The second-order valence-electron chi connectivity index (χ2n) is 8.42. The van der Waals surface area contributed by atoms with E-state index >= 15 is 0 Å². The molecule has 0 unspecified atom stereocenters. The average Bonchev–Trinajstić information content (AvgIpc) is 3.17. The molecule has 0 heterocycles. The SMILES string of the molecule is CCCOc1ccc(OCCN(CC)CC)c2c1-c1c(OCCN(CC)CC)cccc1C2=O. The molecule has 0 saturated heterocycles. The molecule has 0 atom stereocenters. The number of nitrogens with zero attached hydrogens (tertiary/aromatic N) is 2. The van der Waals surface area contributed by atoms with Crippen LogP contribution in [-0.4, -0.2) is 74.7 Å². The maximum absolute atomic E-state index is 13.6. The van der Waals surface area contributed by atoms with Crippen LogP contribution in [0.15, 0.2) is 30.3 Å². The van der Waals surface area contributed by atoms with Crippen LogP contribution in [0, 0.1) is 0 Å². The summed E-state index contributed by atoms with van der Waals surface area (Å²) in [5, 5.41) is 0. The summed E-state index contributed by atoms with van der Waals surface area (Å²) in [5.74, 6) is 2.01. The van der Waals surface area contributed by atoms with Crippen molar-refractivity contribution >= 4 is 5.78 Å². The summed E-state index contributed by atoms with van der Waals surface area (Å²) in [4.78, 5) is 18.2. The van der Waals surface area contributed by atoms with Crippen molar-refractivity contribution < 1.29 is 19.0 Å². The number of fused-ring (bicyclic) bond motifs is 3. The van der Waals surface area contributed by atoms with Gasteiger partial charge in [0.15, 0.2) is 5.78 Å². The van der Waals surface area contributed by atoms with E-state index in [2.05, 4.69) is 44.4 Å². The lowest BCUT2D eigenvalue weighted by atomic mass is 10.0. The second kappa shape index (κ2) is 12.8. The summed E-state index contributed by atoms with van der Waals surface area (Å²) in [5.41, 5.74) is 2.86. The van der Waals surface area contributed by atoms with Gasteiger partial charge in [-0.2, -0.15) is 0 Å². The van der Waals surface area contributed by atoms with E-state index in [9.17, 15) is 4.79 Å². The predicted molar refractivity (Wildman–Crippen MR) is 138 cm³/mol. The fourth-order valence-corrected chi connectivity index (χ4v) is 4.37. The fraction of sp³-hybridized carbons (Fsp3) is 0.536. The molecule has 1 aliphatic rings.